The number of hydrogen-bond donors (Lipinski definition) is 2. The van der Waals surface area contributed by atoms with Gasteiger partial charge in [0.25, 0.3) is 0 Å². The van der Waals surface area contributed by atoms with Gasteiger partial charge in [0.2, 0.25) is 11.8 Å². The molecular weight excluding hydrogens is 330 g/mol. The zero-order valence-corrected chi connectivity index (χ0v) is 14.8. The Hall–Kier alpha value is -3.09. The molecule has 1 fully saturated rings. The lowest BCUT2D eigenvalue weighted by atomic mass is 10.2. The minimum absolute atomic E-state index is 0.0802. The summed E-state index contributed by atoms with van der Waals surface area (Å²) in [6.45, 7) is 4.68. The van der Waals surface area contributed by atoms with Gasteiger partial charge in [-0.05, 0) is 36.4 Å². The van der Waals surface area contributed by atoms with Gasteiger partial charge in [-0.2, -0.15) is 0 Å². The van der Waals surface area contributed by atoms with Crippen molar-refractivity contribution in [2.45, 2.75) is 6.92 Å². The van der Waals surface area contributed by atoms with E-state index in [0.29, 0.717) is 13.1 Å². The third kappa shape index (κ3) is 4.72. The summed E-state index contributed by atoms with van der Waals surface area (Å²) in [6.07, 6.45) is 1.79. The second-order valence-electron chi connectivity index (χ2n) is 6.17. The molecule has 1 saturated heterocycles. The van der Waals surface area contributed by atoms with E-state index >= 15 is 0 Å². The van der Waals surface area contributed by atoms with Crippen LogP contribution in [0.3, 0.4) is 0 Å². The fourth-order valence-corrected chi connectivity index (χ4v) is 2.89. The van der Waals surface area contributed by atoms with Crippen molar-refractivity contribution in [3.8, 4) is 0 Å². The third-order valence-electron chi connectivity index (χ3n) is 4.25. The first kappa shape index (κ1) is 17.7. The van der Waals surface area contributed by atoms with Crippen LogP contribution < -0.4 is 15.5 Å². The van der Waals surface area contributed by atoms with E-state index in [1.165, 1.54) is 6.92 Å². The first-order chi connectivity index (χ1) is 12.6. The zero-order chi connectivity index (χ0) is 18.4. The van der Waals surface area contributed by atoms with Gasteiger partial charge in [-0.15, -0.1) is 0 Å². The molecule has 1 aliphatic heterocycles. The monoisotopic (exact) mass is 353 g/mol. The highest BCUT2D eigenvalue weighted by Crippen LogP contribution is 2.15. The highest BCUT2D eigenvalue weighted by atomic mass is 16.2. The van der Waals surface area contributed by atoms with Crippen LogP contribution >= 0.6 is 0 Å². The number of piperazine rings is 1. The molecular formula is C19H23N5O2. The third-order valence-corrected chi connectivity index (χ3v) is 4.25. The summed E-state index contributed by atoms with van der Waals surface area (Å²) in [6, 6.07) is 13.2. The number of benzene rings is 1. The number of pyridine rings is 1. The Labute approximate surface area is 153 Å². The Morgan fingerprint density at radius 1 is 1.00 bits per heavy atom. The number of nitrogens with zero attached hydrogens (tertiary/aromatic N) is 3. The van der Waals surface area contributed by atoms with Crippen molar-refractivity contribution in [2.75, 3.05) is 48.3 Å². The normalized spacial score (nSPS) is 14.0. The average Bonchev–Trinajstić information content (AvgIpc) is 2.67. The van der Waals surface area contributed by atoms with Crippen LogP contribution in [0, 0.1) is 0 Å². The topological polar surface area (TPSA) is 77.6 Å². The van der Waals surface area contributed by atoms with Gasteiger partial charge >= 0.3 is 0 Å². The molecule has 136 valence electrons. The number of rotatable bonds is 5. The standard InChI is InChI=1S/C19H23N5O2/c1-15(25)22-17-7-5-16(6-8-17)21-14-19(26)24-12-10-23(11-13-24)18-4-2-3-9-20-18/h2-9,21H,10-14H2,1H3,(H,22,25). The molecule has 7 heteroatoms. The van der Waals surface area contributed by atoms with E-state index in [2.05, 4.69) is 20.5 Å². The van der Waals surface area contributed by atoms with Crippen LogP contribution in [0.1, 0.15) is 6.92 Å². The molecule has 0 spiro atoms. The van der Waals surface area contributed by atoms with Crippen molar-refractivity contribution >= 4 is 29.0 Å². The fourth-order valence-electron chi connectivity index (χ4n) is 2.89. The number of aromatic nitrogens is 1. The van der Waals surface area contributed by atoms with Crippen LogP contribution in [0.4, 0.5) is 17.2 Å². The van der Waals surface area contributed by atoms with Crippen LogP contribution in [0.2, 0.25) is 0 Å². The number of hydrogen-bond acceptors (Lipinski definition) is 5. The molecule has 0 radical (unpaired) electrons. The van der Waals surface area contributed by atoms with E-state index in [9.17, 15) is 9.59 Å². The maximum atomic E-state index is 12.4. The molecule has 0 saturated carbocycles. The Morgan fingerprint density at radius 3 is 2.31 bits per heavy atom. The van der Waals surface area contributed by atoms with Gasteiger partial charge in [0.1, 0.15) is 5.82 Å². The SMILES string of the molecule is CC(=O)Nc1ccc(NCC(=O)N2CCN(c3ccccn3)CC2)cc1. The number of amides is 2. The Bertz CT molecular complexity index is 740. The van der Waals surface area contributed by atoms with Gasteiger partial charge < -0.3 is 20.4 Å². The van der Waals surface area contributed by atoms with E-state index in [0.717, 1.165) is 30.3 Å². The van der Waals surface area contributed by atoms with Crippen molar-refractivity contribution in [1.82, 2.24) is 9.88 Å². The molecule has 0 unspecified atom stereocenters. The molecule has 2 heterocycles. The molecule has 1 aliphatic rings. The summed E-state index contributed by atoms with van der Waals surface area (Å²) >= 11 is 0. The van der Waals surface area contributed by atoms with Crippen LogP contribution in [0.5, 0.6) is 0 Å². The van der Waals surface area contributed by atoms with Crippen molar-refractivity contribution < 1.29 is 9.59 Å². The predicted octanol–water partition coefficient (Wildman–Crippen LogP) is 1.80. The van der Waals surface area contributed by atoms with Crippen molar-refractivity contribution in [2.24, 2.45) is 0 Å². The van der Waals surface area contributed by atoms with Crippen molar-refractivity contribution in [3.05, 3.63) is 48.7 Å². The molecule has 1 aromatic carbocycles. The Morgan fingerprint density at radius 2 is 1.69 bits per heavy atom. The number of carbonyl (C=O) groups is 2. The molecule has 0 atom stereocenters. The van der Waals surface area contributed by atoms with Gasteiger partial charge in [0, 0.05) is 50.7 Å². The second kappa shape index (κ2) is 8.33. The summed E-state index contributed by atoms with van der Waals surface area (Å²) in [4.78, 5) is 31.8. The molecule has 2 N–H and O–H groups in total. The van der Waals surface area contributed by atoms with Crippen LogP contribution in [-0.4, -0.2) is 54.4 Å². The lowest BCUT2D eigenvalue weighted by Crippen LogP contribution is -2.50. The maximum absolute atomic E-state index is 12.4. The first-order valence-electron chi connectivity index (χ1n) is 8.67. The van der Waals surface area contributed by atoms with Gasteiger partial charge in [-0.25, -0.2) is 4.98 Å². The van der Waals surface area contributed by atoms with Crippen molar-refractivity contribution in [1.29, 1.82) is 0 Å². The summed E-state index contributed by atoms with van der Waals surface area (Å²) in [5.41, 5.74) is 1.58. The molecule has 3 rings (SSSR count). The van der Waals surface area contributed by atoms with Gasteiger partial charge in [0.15, 0.2) is 0 Å². The molecule has 2 aromatic rings. The summed E-state index contributed by atoms with van der Waals surface area (Å²) in [5, 5.41) is 5.85. The van der Waals surface area contributed by atoms with Crippen LogP contribution in [0.15, 0.2) is 48.7 Å². The van der Waals surface area contributed by atoms with Gasteiger partial charge in [0.05, 0.1) is 6.54 Å². The van der Waals surface area contributed by atoms with E-state index in [-0.39, 0.29) is 18.4 Å². The number of anilines is 3. The first-order valence-corrected chi connectivity index (χ1v) is 8.67. The lowest BCUT2D eigenvalue weighted by molar-refractivity contribution is -0.129. The quantitative estimate of drug-likeness (QED) is 0.857. The van der Waals surface area contributed by atoms with Gasteiger partial charge in [-0.3, -0.25) is 9.59 Å². The molecule has 7 nitrogen and oxygen atoms in total. The van der Waals surface area contributed by atoms with E-state index in [1.54, 1.807) is 18.3 Å². The average molecular weight is 353 g/mol. The largest absolute Gasteiger partial charge is 0.376 e. The van der Waals surface area contributed by atoms with E-state index in [4.69, 9.17) is 0 Å². The highest BCUT2D eigenvalue weighted by molar-refractivity contribution is 5.89. The molecule has 26 heavy (non-hydrogen) atoms. The Kier molecular flexibility index (Phi) is 5.68. The summed E-state index contributed by atoms with van der Waals surface area (Å²) < 4.78 is 0. The maximum Gasteiger partial charge on any atom is 0.241 e. The minimum Gasteiger partial charge on any atom is -0.376 e. The Balaban J connectivity index is 1.45. The molecule has 1 aromatic heterocycles. The predicted molar refractivity (Wildman–Crippen MR) is 102 cm³/mol. The number of nitrogens with one attached hydrogen (secondary N) is 2. The van der Waals surface area contributed by atoms with Crippen LogP contribution in [-0.2, 0) is 9.59 Å². The molecule has 2 amide bonds. The minimum atomic E-state index is -0.106. The van der Waals surface area contributed by atoms with E-state index in [1.807, 2.05) is 35.2 Å². The summed E-state index contributed by atoms with van der Waals surface area (Å²) in [5.74, 6) is 0.930. The van der Waals surface area contributed by atoms with Gasteiger partial charge in [-0.1, -0.05) is 6.07 Å². The second-order valence-corrected chi connectivity index (χ2v) is 6.17. The molecule has 0 aliphatic carbocycles. The van der Waals surface area contributed by atoms with Crippen molar-refractivity contribution in [3.63, 3.8) is 0 Å². The van der Waals surface area contributed by atoms with Crippen LogP contribution in [0.25, 0.3) is 0 Å². The number of carbonyl (C=O) groups excluding carboxylic acids is 2. The smallest absolute Gasteiger partial charge is 0.241 e. The van der Waals surface area contributed by atoms with E-state index < -0.39 is 0 Å². The molecule has 0 bridgehead atoms. The highest BCUT2D eigenvalue weighted by Gasteiger charge is 2.21. The fraction of sp³-hybridized carbons (Fsp3) is 0.316. The zero-order valence-electron chi connectivity index (χ0n) is 14.8. The lowest BCUT2D eigenvalue weighted by Gasteiger charge is -2.35. The summed E-state index contributed by atoms with van der Waals surface area (Å²) in [7, 11) is 0.